The van der Waals surface area contributed by atoms with E-state index in [9.17, 15) is 4.79 Å². The number of hydroxylamine groups is 2. The highest BCUT2D eigenvalue weighted by molar-refractivity contribution is 5.75. The minimum Gasteiger partial charge on any atom is -0.492 e. The Labute approximate surface area is 125 Å². The van der Waals surface area contributed by atoms with E-state index in [0.29, 0.717) is 26.1 Å². The Hall–Kier alpha value is -1.66. The van der Waals surface area contributed by atoms with Crippen LogP contribution in [0.5, 0.6) is 5.75 Å². The minimum absolute atomic E-state index is 0.0607. The van der Waals surface area contributed by atoms with Crippen LogP contribution < -0.4 is 10.1 Å². The molecule has 1 saturated heterocycles. The maximum absolute atomic E-state index is 11.7. The molecule has 0 atom stereocenters. The van der Waals surface area contributed by atoms with Crippen LogP contribution in [0, 0.1) is 0 Å². The van der Waals surface area contributed by atoms with Gasteiger partial charge in [-0.05, 0) is 31.4 Å². The fourth-order valence-electron chi connectivity index (χ4n) is 2.06. The smallest absolute Gasteiger partial charge is 0.221 e. The first-order valence-electron chi connectivity index (χ1n) is 7.52. The Morgan fingerprint density at radius 2 is 2.43 bits per heavy atom. The number of nitrogens with one attached hydrogen (secondary N) is 1. The Kier molecular flexibility index (Phi) is 6.97. The van der Waals surface area contributed by atoms with Crippen molar-refractivity contribution >= 4 is 5.91 Å². The van der Waals surface area contributed by atoms with Gasteiger partial charge in [-0.25, -0.2) is 0 Å². The zero-order valence-corrected chi connectivity index (χ0v) is 12.3. The summed E-state index contributed by atoms with van der Waals surface area (Å²) in [7, 11) is 0. The van der Waals surface area contributed by atoms with Crippen LogP contribution in [0.25, 0.3) is 0 Å². The molecular weight excluding hydrogens is 270 g/mol. The summed E-state index contributed by atoms with van der Waals surface area (Å²) in [6.07, 6.45) is 6.90. The number of amides is 1. The molecule has 6 heteroatoms. The third-order valence-corrected chi connectivity index (χ3v) is 3.21. The van der Waals surface area contributed by atoms with Crippen LogP contribution in [0.1, 0.15) is 25.7 Å². The number of nitrogens with zero attached hydrogens (tertiary/aromatic N) is 2. The third-order valence-electron chi connectivity index (χ3n) is 3.21. The first kappa shape index (κ1) is 15.7. The number of rotatable bonds is 8. The van der Waals surface area contributed by atoms with Crippen molar-refractivity contribution in [2.24, 2.45) is 0 Å². The van der Waals surface area contributed by atoms with E-state index in [-0.39, 0.29) is 5.91 Å². The summed E-state index contributed by atoms with van der Waals surface area (Å²) in [5.41, 5.74) is 0. The predicted octanol–water partition coefficient (Wildman–Crippen LogP) is 1.38. The predicted molar refractivity (Wildman–Crippen MR) is 78.7 cm³/mol. The molecule has 6 nitrogen and oxygen atoms in total. The molecule has 2 heterocycles. The van der Waals surface area contributed by atoms with Crippen molar-refractivity contribution in [1.82, 2.24) is 15.4 Å². The number of ether oxygens (including phenoxy) is 1. The molecule has 1 aromatic rings. The zero-order valence-electron chi connectivity index (χ0n) is 12.3. The van der Waals surface area contributed by atoms with Crippen molar-refractivity contribution in [2.75, 3.05) is 32.8 Å². The zero-order chi connectivity index (χ0) is 14.8. The molecule has 1 aliphatic rings. The standard InChI is InChI=1S/C15H23N3O3/c19-15(6-10-18-9-1-2-12-21-18)17-8-4-11-20-14-5-3-7-16-13-14/h3,5,7,13H,1-2,4,6,8-12H2,(H,17,19). The van der Waals surface area contributed by atoms with Gasteiger partial charge in [-0.2, -0.15) is 5.06 Å². The summed E-state index contributed by atoms with van der Waals surface area (Å²) in [6, 6.07) is 3.70. The molecule has 0 bridgehead atoms. The van der Waals surface area contributed by atoms with E-state index in [1.807, 2.05) is 17.2 Å². The first-order valence-corrected chi connectivity index (χ1v) is 7.52. The number of carbonyl (C=O) groups excluding carboxylic acids is 1. The molecule has 0 unspecified atom stereocenters. The minimum atomic E-state index is 0.0607. The van der Waals surface area contributed by atoms with E-state index in [1.54, 1.807) is 12.4 Å². The molecule has 2 rings (SSSR count). The van der Waals surface area contributed by atoms with Crippen LogP contribution in [0.2, 0.25) is 0 Å². The average molecular weight is 293 g/mol. The van der Waals surface area contributed by atoms with Crippen LogP contribution in [0.15, 0.2) is 24.5 Å². The lowest BCUT2D eigenvalue weighted by molar-refractivity contribution is -0.181. The monoisotopic (exact) mass is 293 g/mol. The quantitative estimate of drug-likeness (QED) is 0.734. The molecule has 0 radical (unpaired) electrons. The fourth-order valence-corrected chi connectivity index (χ4v) is 2.06. The van der Waals surface area contributed by atoms with Gasteiger partial charge in [-0.15, -0.1) is 0 Å². The summed E-state index contributed by atoms with van der Waals surface area (Å²) in [6.45, 7) is 3.55. The Morgan fingerprint density at radius 3 is 3.19 bits per heavy atom. The maximum Gasteiger partial charge on any atom is 0.221 e. The number of aromatic nitrogens is 1. The Bertz CT molecular complexity index is 408. The van der Waals surface area contributed by atoms with E-state index in [0.717, 1.165) is 38.2 Å². The number of carbonyl (C=O) groups is 1. The molecular formula is C15H23N3O3. The van der Waals surface area contributed by atoms with Crippen LogP contribution in [0.4, 0.5) is 0 Å². The van der Waals surface area contributed by atoms with E-state index in [1.165, 1.54) is 0 Å². The van der Waals surface area contributed by atoms with Gasteiger partial charge in [0.05, 0.1) is 19.4 Å². The second-order valence-corrected chi connectivity index (χ2v) is 4.96. The first-order chi connectivity index (χ1) is 10.3. The highest BCUT2D eigenvalue weighted by atomic mass is 16.7. The molecule has 1 aromatic heterocycles. The van der Waals surface area contributed by atoms with Crippen LogP contribution in [-0.4, -0.2) is 48.8 Å². The maximum atomic E-state index is 11.7. The van der Waals surface area contributed by atoms with E-state index >= 15 is 0 Å². The van der Waals surface area contributed by atoms with Crippen molar-refractivity contribution in [3.63, 3.8) is 0 Å². The molecule has 0 aromatic carbocycles. The third kappa shape index (κ3) is 6.55. The summed E-state index contributed by atoms with van der Waals surface area (Å²) in [5, 5.41) is 4.78. The molecule has 0 saturated carbocycles. The highest BCUT2D eigenvalue weighted by Gasteiger charge is 2.12. The molecule has 1 amide bonds. The van der Waals surface area contributed by atoms with Crippen molar-refractivity contribution in [3.8, 4) is 5.75 Å². The van der Waals surface area contributed by atoms with Gasteiger partial charge in [0.2, 0.25) is 5.91 Å². The van der Waals surface area contributed by atoms with E-state index in [2.05, 4.69) is 10.3 Å². The van der Waals surface area contributed by atoms with Crippen molar-refractivity contribution in [3.05, 3.63) is 24.5 Å². The number of hydrogen-bond donors (Lipinski definition) is 1. The van der Waals surface area contributed by atoms with Gasteiger partial charge in [0, 0.05) is 32.3 Å². The Morgan fingerprint density at radius 1 is 1.48 bits per heavy atom. The summed E-state index contributed by atoms with van der Waals surface area (Å²) >= 11 is 0. The van der Waals surface area contributed by atoms with Crippen LogP contribution in [0.3, 0.4) is 0 Å². The molecule has 0 aliphatic carbocycles. The second kappa shape index (κ2) is 9.31. The summed E-state index contributed by atoms with van der Waals surface area (Å²) < 4.78 is 5.50. The molecule has 21 heavy (non-hydrogen) atoms. The van der Waals surface area contributed by atoms with Gasteiger partial charge in [0.15, 0.2) is 0 Å². The normalized spacial score (nSPS) is 15.6. The largest absolute Gasteiger partial charge is 0.492 e. The van der Waals surface area contributed by atoms with Gasteiger partial charge in [0.1, 0.15) is 5.75 Å². The van der Waals surface area contributed by atoms with E-state index < -0.39 is 0 Å². The molecule has 0 spiro atoms. The highest BCUT2D eigenvalue weighted by Crippen LogP contribution is 2.06. The van der Waals surface area contributed by atoms with Gasteiger partial charge in [-0.1, -0.05) is 0 Å². The fraction of sp³-hybridized carbons (Fsp3) is 0.600. The van der Waals surface area contributed by atoms with Crippen LogP contribution in [-0.2, 0) is 9.63 Å². The molecule has 116 valence electrons. The van der Waals surface area contributed by atoms with E-state index in [4.69, 9.17) is 9.57 Å². The lowest BCUT2D eigenvalue weighted by atomic mass is 10.3. The number of hydrogen-bond acceptors (Lipinski definition) is 5. The lowest BCUT2D eigenvalue weighted by Crippen LogP contribution is -2.34. The lowest BCUT2D eigenvalue weighted by Gasteiger charge is -2.25. The summed E-state index contributed by atoms with van der Waals surface area (Å²) in [4.78, 5) is 21.1. The molecule has 1 aliphatic heterocycles. The van der Waals surface area contributed by atoms with Crippen LogP contribution >= 0.6 is 0 Å². The van der Waals surface area contributed by atoms with Gasteiger partial charge in [0.25, 0.3) is 0 Å². The second-order valence-electron chi connectivity index (χ2n) is 4.96. The summed E-state index contributed by atoms with van der Waals surface area (Å²) in [5.74, 6) is 0.816. The van der Waals surface area contributed by atoms with Crippen molar-refractivity contribution < 1.29 is 14.4 Å². The van der Waals surface area contributed by atoms with Gasteiger partial charge >= 0.3 is 0 Å². The Balaban J connectivity index is 1.47. The van der Waals surface area contributed by atoms with Crippen molar-refractivity contribution in [1.29, 1.82) is 0 Å². The SMILES string of the molecule is O=C(CCN1CCCCO1)NCCCOc1cccnc1. The van der Waals surface area contributed by atoms with Gasteiger partial charge < -0.3 is 10.1 Å². The molecule has 1 fully saturated rings. The average Bonchev–Trinajstić information content (AvgIpc) is 2.54. The topological polar surface area (TPSA) is 63.7 Å². The van der Waals surface area contributed by atoms with Gasteiger partial charge in [-0.3, -0.25) is 14.6 Å². The van der Waals surface area contributed by atoms with Crippen molar-refractivity contribution in [2.45, 2.75) is 25.7 Å². The molecule has 1 N–H and O–H groups in total. The number of pyridine rings is 1.